The summed E-state index contributed by atoms with van der Waals surface area (Å²) in [5.74, 6) is -1.36. The van der Waals surface area contributed by atoms with Gasteiger partial charge in [0.15, 0.2) is 0 Å². The zero-order chi connectivity index (χ0) is 17.2. The molecule has 1 aliphatic carbocycles. The van der Waals surface area contributed by atoms with Crippen molar-refractivity contribution >= 4 is 22.8 Å². The van der Waals surface area contributed by atoms with Crippen LogP contribution in [0.2, 0.25) is 0 Å². The van der Waals surface area contributed by atoms with Crippen molar-refractivity contribution in [3.05, 3.63) is 36.0 Å². The number of fused-ring (bicyclic) bond motifs is 1. The molecule has 1 fully saturated rings. The molecule has 0 bridgehead atoms. The number of carbonyl (C=O) groups is 2. The van der Waals surface area contributed by atoms with E-state index in [2.05, 4.69) is 10.3 Å². The first-order valence-electron chi connectivity index (χ1n) is 8.38. The van der Waals surface area contributed by atoms with E-state index < -0.39 is 23.5 Å². The van der Waals surface area contributed by atoms with E-state index in [1.54, 1.807) is 0 Å². The van der Waals surface area contributed by atoms with Crippen LogP contribution in [0.1, 0.15) is 37.7 Å². The van der Waals surface area contributed by atoms with Gasteiger partial charge in [-0.05, 0) is 30.9 Å². The molecule has 1 aromatic heterocycles. The molecule has 0 radical (unpaired) electrons. The third kappa shape index (κ3) is 3.14. The molecule has 0 aliphatic heterocycles. The molecule has 1 atom stereocenters. The van der Waals surface area contributed by atoms with Crippen molar-refractivity contribution in [1.82, 2.24) is 10.3 Å². The number of hydrogen-bond acceptors (Lipinski definition) is 3. The fourth-order valence-electron chi connectivity index (χ4n) is 3.51. The smallest absolute Gasteiger partial charge is 0.329 e. The number of nitrogens with one attached hydrogen (secondary N) is 2. The van der Waals surface area contributed by atoms with Crippen molar-refractivity contribution < 1.29 is 14.7 Å². The first kappa shape index (κ1) is 16.5. The Labute approximate surface area is 140 Å². The lowest BCUT2D eigenvalue weighted by Crippen LogP contribution is -2.59. The average Bonchev–Trinajstić information content (AvgIpc) is 2.98. The van der Waals surface area contributed by atoms with Gasteiger partial charge in [-0.2, -0.15) is 0 Å². The monoisotopic (exact) mass is 329 g/mol. The Bertz CT molecular complexity index is 747. The van der Waals surface area contributed by atoms with Crippen LogP contribution >= 0.6 is 0 Å². The molecular formula is C18H23N3O3. The third-order valence-electron chi connectivity index (χ3n) is 4.93. The molecule has 1 aromatic carbocycles. The van der Waals surface area contributed by atoms with Crippen LogP contribution < -0.4 is 11.1 Å². The van der Waals surface area contributed by atoms with Gasteiger partial charge in [-0.15, -0.1) is 0 Å². The van der Waals surface area contributed by atoms with Gasteiger partial charge in [0.25, 0.3) is 0 Å². The fourth-order valence-corrected chi connectivity index (χ4v) is 3.51. The average molecular weight is 329 g/mol. The summed E-state index contributed by atoms with van der Waals surface area (Å²) in [4.78, 5) is 27.3. The molecule has 128 valence electrons. The summed E-state index contributed by atoms with van der Waals surface area (Å²) < 4.78 is 0. The number of H-pyrrole nitrogens is 1. The van der Waals surface area contributed by atoms with Crippen LogP contribution in [0.4, 0.5) is 0 Å². The molecule has 6 heteroatoms. The second-order valence-corrected chi connectivity index (χ2v) is 6.61. The normalized spacial score (nSPS) is 18.2. The summed E-state index contributed by atoms with van der Waals surface area (Å²) in [6.45, 7) is 0. The van der Waals surface area contributed by atoms with Gasteiger partial charge < -0.3 is 21.1 Å². The quantitative estimate of drug-likeness (QED) is 0.672. The summed E-state index contributed by atoms with van der Waals surface area (Å²) in [6, 6.07) is 7.04. The SMILES string of the molecule is NC(Cc1c[nH]c2ccccc12)C(=O)NC1(C(=O)O)CCCCC1. The summed E-state index contributed by atoms with van der Waals surface area (Å²) in [5, 5.41) is 13.3. The van der Waals surface area contributed by atoms with Gasteiger partial charge >= 0.3 is 5.97 Å². The molecule has 0 spiro atoms. The summed E-state index contributed by atoms with van der Waals surface area (Å²) in [7, 11) is 0. The highest BCUT2D eigenvalue weighted by atomic mass is 16.4. The van der Waals surface area contributed by atoms with E-state index in [1.165, 1.54) is 0 Å². The van der Waals surface area contributed by atoms with E-state index in [9.17, 15) is 14.7 Å². The van der Waals surface area contributed by atoms with Crippen molar-refractivity contribution in [3.8, 4) is 0 Å². The van der Waals surface area contributed by atoms with E-state index in [1.807, 2.05) is 30.5 Å². The highest BCUT2D eigenvalue weighted by molar-refractivity contribution is 5.90. The van der Waals surface area contributed by atoms with Gasteiger partial charge in [-0.1, -0.05) is 37.5 Å². The van der Waals surface area contributed by atoms with Gasteiger partial charge in [0.2, 0.25) is 5.91 Å². The van der Waals surface area contributed by atoms with Crippen LogP contribution in [0.25, 0.3) is 10.9 Å². The Morgan fingerprint density at radius 1 is 1.25 bits per heavy atom. The Balaban J connectivity index is 1.71. The van der Waals surface area contributed by atoms with Gasteiger partial charge in [0.1, 0.15) is 5.54 Å². The number of carbonyl (C=O) groups excluding carboxylic acids is 1. The number of rotatable bonds is 5. The Hall–Kier alpha value is -2.34. The van der Waals surface area contributed by atoms with Crippen LogP contribution in [0.15, 0.2) is 30.5 Å². The highest BCUT2D eigenvalue weighted by Crippen LogP contribution is 2.28. The van der Waals surface area contributed by atoms with Gasteiger partial charge in [-0.25, -0.2) is 4.79 Å². The predicted molar refractivity (Wildman–Crippen MR) is 91.6 cm³/mol. The Morgan fingerprint density at radius 3 is 2.67 bits per heavy atom. The highest BCUT2D eigenvalue weighted by Gasteiger charge is 2.41. The zero-order valence-electron chi connectivity index (χ0n) is 13.5. The second-order valence-electron chi connectivity index (χ2n) is 6.61. The van der Waals surface area contributed by atoms with Gasteiger partial charge in [0.05, 0.1) is 6.04 Å². The maximum atomic E-state index is 12.5. The number of aliphatic carboxylic acids is 1. The predicted octanol–water partition coefficient (Wildman–Crippen LogP) is 1.94. The molecule has 3 rings (SSSR count). The number of aromatic nitrogens is 1. The van der Waals surface area contributed by atoms with Crippen molar-refractivity contribution in [1.29, 1.82) is 0 Å². The lowest BCUT2D eigenvalue weighted by Gasteiger charge is -2.34. The van der Waals surface area contributed by atoms with Crippen molar-refractivity contribution in [3.63, 3.8) is 0 Å². The molecule has 24 heavy (non-hydrogen) atoms. The number of benzene rings is 1. The molecule has 2 aromatic rings. The van der Waals surface area contributed by atoms with Crippen molar-refractivity contribution in [2.75, 3.05) is 0 Å². The van der Waals surface area contributed by atoms with E-state index in [0.717, 1.165) is 35.7 Å². The summed E-state index contributed by atoms with van der Waals surface area (Å²) in [5.41, 5.74) is 6.85. The van der Waals surface area contributed by atoms with Crippen molar-refractivity contribution in [2.24, 2.45) is 5.73 Å². The second kappa shape index (κ2) is 6.65. The van der Waals surface area contributed by atoms with E-state index in [4.69, 9.17) is 5.73 Å². The first-order valence-corrected chi connectivity index (χ1v) is 8.38. The maximum absolute atomic E-state index is 12.5. The molecule has 1 amide bonds. The number of nitrogens with two attached hydrogens (primary N) is 1. The minimum Gasteiger partial charge on any atom is -0.480 e. The fraction of sp³-hybridized carbons (Fsp3) is 0.444. The van der Waals surface area contributed by atoms with E-state index in [-0.39, 0.29) is 0 Å². The van der Waals surface area contributed by atoms with Crippen LogP contribution in [-0.2, 0) is 16.0 Å². The molecule has 0 saturated heterocycles. The van der Waals surface area contributed by atoms with Crippen LogP contribution in [-0.4, -0.2) is 33.5 Å². The number of amides is 1. The number of carboxylic acid groups (broad SMARTS) is 1. The lowest BCUT2D eigenvalue weighted by molar-refractivity contribution is -0.149. The number of hydrogen-bond donors (Lipinski definition) is 4. The summed E-state index contributed by atoms with van der Waals surface area (Å²) >= 11 is 0. The molecule has 1 aliphatic rings. The van der Waals surface area contributed by atoms with Gasteiger partial charge in [0, 0.05) is 17.1 Å². The Kier molecular flexibility index (Phi) is 4.57. The number of para-hydroxylation sites is 1. The van der Waals surface area contributed by atoms with Crippen LogP contribution in [0.3, 0.4) is 0 Å². The largest absolute Gasteiger partial charge is 0.480 e. The van der Waals surface area contributed by atoms with Crippen LogP contribution in [0, 0.1) is 0 Å². The topological polar surface area (TPSA) is 108 Å². The minimum absolute atomic E-state index is 0.367. The van der Waals surface area contributed by atoms with Crippen molar-refractivity contribution in [2.45, 2.75) is 50.1 Å². The standard InChI is InChI=1S/C18H23N3O3/c19-14(10-12-11-20-15-7-3-2-6-13(12)15)16(22)21-18(17(23)24)8-4-1-5-9-18/h2-3,6-7,11,14,20H,1,4-5,8-10,19H2,(H,21,22)(H,23,24). The molecule has 1 saturated carbocycles. The third-order valence-corrected chi connectivity index (χ3v) is 4.93. The first-order chi connectivity index (χ1) is 11.5. The molecule has 5 N–H and O–H groups in total. The summed E-state index contributed by atoms with van der Waals surface area (Å²) in [6.07, 6.45) is 5.78. The molecule has 1 heterocycles. The van der Waals surface area contributed by atoms with Gasteiger partial charge in [-0.3, -0.25) is 4.79 Å². The van der Waals surface area contributed by atoms with E-state index in [0.29, 0.717) is 19.3 Å². The molecular weight excluding hydrogens is 306 g/mol. The molecule has 6 nitrogen and oxygen atoms in total. The number of aromatic amines is 1. The number of carboxylic acids is 1. The minimum atomic E-state index is -1.16. The van der Waals surface area contributed by atoms with E-state index >= 15 is 0 Å². The maximum Gasteiger partial charge on any atom is 0.329 e. The van der Waals surface area contributed by atoms with Crippen LogP contribution in [0.5, 0.6) is 0 Å². The lowest BCUT2D eigenvalue weighted by atomic mass is 9.81. The molecule has 1 unspecified atom stereocenters. The zero-order valence-corrected chi connectivity index (χ0v) is 13.5. The Morgan fingerprint density at radius 2 is 1.96 bits per heavy atom.